The first-order valence-corrected chi connectivity index (χ1v) is 7.35. The number of halogens is 1. The summed E-state index contributed by atoms with van der Waals surface area (Å²) in [5, 5.41) is 0. The lowest BCUT2D eigenvalue weighted by atomic mass is 10.4. The molecule has 0 aliphatic rings. The second-order valence-electron chi connectivity index (χ2n) is 4.16. The molecule has 0 saturated carbocycles. The molecular weight excluding hydrogens is 342 g/mol. The average Bonchev–Trinajstić information content (AvgIpc) is 3.09. The lowest BCUT2D eigenvalue weighted by molar-refractivity contribution is 0.556. The lowest BCUT2D eigenvalue weighted by Crippen LogP contribution is -2.22. The Hall–Kier alpha value is -1.99. The third-order valence-corrected chi connectivity index (χ3v) is 4.27. The molecule has 0 aromatic carbocycles. The fourth-order valence-electron chi connectivity index (χ4n) is 2.02. The van der Waals surface area contributed by atoms with Crippen LogP contribution < -0.4 is 10.1 Å². The van der Waals surface area contributed by atoms with E-state index >= 15 is 0 Å². The molecule has 4 aromatic heterocycles. The summed E-state index contributed by atoms with van der Waals surface area (Å²) in [4.78, 5) is 21.7. The van der Waals surface area contributed by atoms with Gasteiger partial charge in [0.15, 0.2) is 10.6 Å². The van der Waals surface area contributed by atoms with E-state index in [1.54, 1.807) is 30.7 Å². The van der Waals surface area contributed by atoms with E-state index in [4.69, 9.17) is 4.42 Å². The summed E-state index contributed by atoms with van der Waals surface area (Å²) in [5.74, 6) is 0.645. The molecule has 0 unspecified atom stereocenters. The molecule has 0 aliphatic carbocycles. The van der Waals surface area contributed by atoms with Gasteiger partial charge >= 0.3 is 0 Å². The van der Waals surface area contributed by atoms with Crippen molar-refractivity contribution >= 4 is 49.5 Å². The first-order chi connectivity index (χ1) is 9.72. The molecular formula is C13H6BrN3O2S. The van der Waals surface area contributed by atoms with Crippen molar-refractivity contribution in [3.05, 3.63) is 55.8 Å². The number of furan rings is 1. The number of hydrogen-bond donors (Lipinski definition) is 0. The van der Waals surface area contributed by atoms with Gasteiger partial charge in [-0.05, 0) is 34.1 Å². The monoisotopic (exact) mass is 347 g/mol. The maximum absolute atomic E-state index is 12.4. The highest BCUT2D eigenvalue weighted by Gasteiger charge is 2.12. The Morgan fingerprint density at radius 3 is 3.15 bits per heavy atom. The summed E-state index contributed by atoms with van der Waals surface area (Å²) in [5.41, 5.74) is 1.15. The fraction of sp³-hybridized carbons (Fsp3) is 0. The van der Waals surface area contributed by atoms with Crippen molar-refractivity contribution in [3.8, 4) is 0 Å². The molecule has 0 aliphatic heterocycles. The van der Waals surface area contributed by atoms with Crippen molar-refractivity contribution in [3.63, 3.8) is 0 Å². The third kappa shape index (κ3) is 1.70. The number of rotatable bonds is 1. The molecule has 0 bridgehead atoms. The summed E-state index contributed by atoms with van der Waals surface area (Å²) in [6.07, 6.45) is 4.94. The van der Waals surface area contributed by atoms with E-state index in [0.29, 0.717) is 26.4 Å². The van der Waals surface area contributed by atoms with Gasteiger partial charge in [-0.25, -0.2) is 14.4 Å². The Morgan fingerprint density at radius 2 is 2.35 bits per heavy atom. The van der Waals surface area contributed by atoms with Gasteiger partial charge in [0.05, 0.1) is 6.26 Å². The second kappa shape index (κ2) is 4.26. The van der Waals surface area contributed by atoms with Gasteiger partial charge in [0.25, 0.3) is 5.56 Å². The molecule has 7 heteroatoms. The van der Waals surface area contributed by atoms with E-state index in [9.17, 15) is 4.79 Å². The highest BCUT2D eigenvalue weighted by atomic mass is 79.9. The molecule has 0 saturated heterocycles. The van der Waals surface area contributed by atoms with Crippen LogP contribution >= 0.6 is 27.3 Å². The number of imidazole rings is 1. The van der Waals surface area contributed by atoms with Crippen molar-refractivity contribution in [1.29, 1.82) is 0 Å². The largest absolute Gasteiger partial charge is 0.465 e. The lowest BCUT2D eigenvalue weighted by Gasteiger charge is -1.89. The van der Waals surface area contributed by atoms with Crippen molar-refractivity contribution in [2.45, 2.75) is 0 Å². The zero-order valence-corrected chi connectivity index (χ0v) is 12.3. The molecule has 4 rings (SSSR count). The predicted octanol–water partition coefficient (Wildman–Crippen LogP) is 2.21. The molecule has 0 fully saturated rings. The molecule has 20 heavy (non-hydrogen) atoms. The van der Waals surface area contributed by atoms with Gasteiger partial charge in [-0.3, -0.25) is 4.79 Å². The minimum Gasteiger partial charge on any atom is -0.465 e. The highest BCUT2D eigenvalue weighted by Crippen LogP contribution is 2.18. The molecule has 0 amide bonds. The van der Waals surface area contributed by atoms with Crippen LogP contribution in [0.1, 0.15) is 5.76 Å². The standard InChI is InChI=1S/C13H6BrN3O2S/c14-7-4-9-11(15-6-7)17-12(18)10(20-13(17)16-9)5-8-2-1-3-19-8/h1-6H/b10-5-. The molecule has 98 valence electrons. The smallest absolute Gasteiger partial charge is 0.276 e. The minimum atomic E-state index is -0.126. The summed E-state index contributed by atoms with van der Waals surface area (Å²) < 4.78 is 8.17. The van der Waals surface area contributed by atoms with Crippen LogP contribution in [0.3, 0.4) is 0 Å². The Bertz CT molecular complexity index is 1030. The van der Waals surface area contributed by atoms with Crippen LogP contribution in [0, 0.1) is 0 Å². The predicted molar refractivity (Wildman–Crippen MR) is 79.8 cm³/mol. The normalized spacial score (nSPS) is 12.8. The van der Waals surface area contributed by atoms with Crippen molar-refractivity contribution in [2.24, 2.45) is 0 Å². The zero-order valence-electron chi connectivity index (χ0n) is 9.91. The van der Waals surface area contributed by atoms with E-state index in [1.165, 1.54) is 15.7 Å². The van der Waals surface area contributed by atoms with Gasteiger partial charge in [0, 0.05) is 16.7 Å². The third-order valence-electron chi connectivity index (χ3n) is 2.86. The molecule has 0 atom stereocenters. The van der Waals surface area contributed by atoms with Crippen LogP contribution in [-0.2, 0) is 0 Å². The van der Waals surface area contributed by atoms with Gasteiger partial charge in [-0.1, -0.05) is 11.3 Å². The SMILES string of the molecule is O=c1/c(=C/c2ccco2)sc2nc3cc(Br)cnc3n12. The molecule has 0 radical (unpaired) electrons. The van der Waals surface area contributed by atoms with E-state index in [1.807, 2.05) is 6.07 Å². The van der Waals surface area contributed by atoms with Crippen LogP contribution in [-0.4, -0.2) is 14.4 Å². The van der Waals surface area contributed by atoms with E-state index < -0.39 is 0 Å². The summed E-state index contributed by atoms with van der Waals surface area (Å²) >= 11 is 4.67. The van der Waals surface area contributed by atoms with Crippen LogP contribution in [0.5, 0.6) is 0 Å². The van der Waals surface area contributed by atoms with Crippen molar-refractivity contribution < 1.29 is 4.42 Å². The highest BCUT2D eigenvalue weighted by molar-refractivity contribution is 9.10. The molecule has 5 nitrogen and oxygen atoms in total. The summed E-state index contributed by atoms with van der Waals surface area (Å²) in [7, 11) is 0. The number of aromatic nitrogens is 3. The number of thiazole rings is 1. The maximum atomic E-state index is 12.4. The van der Waals surface area contributed by atoms with E-state index in [-0.39, 0.29) is 5.56 Å². The Kier molecular flexibility index (Phi) is 2.51. The topological polar surface area (TPSA) is 60.4 Å². The summed E-state index contributed by atoms with van der Waals surface area (Å²) in [6, 6.07) is 5.43. The van der Waals surface area contributed by atoms with Crippen molar-refractivity contribution in [2.75, 3.05) is 0 Å². The number of hydrogen-bond acceptors (Lipinski definition) is 5. The van der Waals surface area contributed by atoms with Crippen LogP contribution in [0.4, 0.5) is 0 Å². The minimum absolute atomic E-state index is 0.126. The fourth-order valence-corrected chi connectivity index (χ4v) is 3.29. The first kappa shape index (κ1) is 11.8. The summed E-state index contributed by atoms with van der Waals surface area (Å²) in [6.45, 7) is 0. The van der Waals surface area contributed by atoms with Gasteiger partial charge in [-0.2, -0.15) is 0 Å². The zero-order chi connectivity index (χ0) is 13.7. The number of nitrogens with zero attached hydrogens (tertiary/aromatic N) is 3. The quantitative estimate of drug-likeness (QED) is 0.529. The molecule has 4 aromatic rings. The second-order valence-corrected chi connectivity index (χ2v) is 6.08. The van der Waals surface area contributed by atoms with Crippen LogP contribution in [0.15, 0.2) is 44.3 Å². The van der Waals surface area contributed by atoms with E-state index in [0.717, 1.165) is 4.47 Å². The Labute approximate surface area is 124 Å². The van der Waals surface area contributed by atoms with Crippen molar-refractivity contribution in [1.82, 2.24) is 14.4 Å². The van der Waals surface area contributed by atoms with E-state index in [2.05, 4.69) is 25.9 Å². The maximum Gasteiger partial charge on any atom is 0.276 e. The molecule has 0 N–H and O–H groups in total. The Morgan fingerprint density at radius 1 is 1.45 bits per heavy atom. The number of pyridine rings is 1. The van der Waals surface area contributed by atoms with Gasteiger partial charge < -0.3 is 4.42 Å². The number of fused-ring (bicyclic) bond motifs is 3. The Balaban J connectivity index is 2.08. The van der Waals surface area contributed by atoms with Gasteiger partial charge in [0.2, 0.25) is 0 Å². The van der Waals surface area contributed by atoms with Crippen LogP contribution in [0.2, 0.25) is 0 Å². The van der Waals surface area contributed by atoms with Gasteiger partial charge in [-0.15, -0.1) is 0 Å². The van der Waals surface area contributed by atoms with Crippen LogP contribution in [0.25, 0.3) is 22.2 Å². The average molecular weight is 348 g/mol. The first-order valence-electron chi connectivity index (χ1n) is 5.74. The van der Waals surface area contributed by atoms with Gasteiger partial charge in [0.1, 0.15) is 15.8 Å². The molecule has 0 spiro atoms. The molecule has 4 heterocycles.